The fourth-order valence-corrected chi connectivity index (χ4v) is 2.72. The third-order valence-corrected chi connectivity index (χ3v) is 3.64. The molecule has 2 aromatic rings. The highest BCUT2D eigenvalue weighted by molar-refractivity contribution is 5.28. The molecule has 0 saturated heterocycles. The zero-order valence-electron chi connectivity index (χ0n) is 10.7. The van der Waals surface area contributed by atoms with E-state index in [0.717, 1.165) is 37.1 Å². The molecule has 0 aromatic carbocycles. The Labute approximate surface area is 107 Å². The lowest BCUT2D eigenvalue weighted by Crippen LogP contribution is -1.99. The van der Waals surface area contributed by atoms with Gasteiger partial charge in [0.1, 0.15) is 0 Å². The fourth-order valence-electron chi connectivity index (χ4n) is 2.72. The van der Waals surface area contributed by atoms with Gasteiger partial charge in [0, 0.05) is 31.2 Å². The topological polar surface area (TPSA) is 43.0 Å². The highest BCUT2D eigenvalue weighted by Crippen LogP contribution is 2.29. The molecule has 0 aliphatic heterocycles. The second-order valence-corrected chi connectivity index (χ2v) is 5.15. The minimum Gasteiger partial charge on any atom is -0.388 e. The van der Waals surface area contributed by atoms with Gasteiger partial charge in [-0.25, -0.2) is 0 Å². The van der Waals surface area contributed by atoms with Crippen LogP contribution in [-0.4, -0.2) is 19.5 Å². The van der Waals surface area contributed by atoms with Crippen LogP contribution in [0.4, 0.5) is 0 Å². The monoisotopic (exact) mass is 245 g/mol. The SMILES string of the molecule is Cn1ccc(Cn2cc3c(c2)C(O)CCCC3)n1. The van der Waals surface area contributed by atoms with Crippen LogP contribution in [0.2, 0.25) is 0 Å². The van der Waals surface area contributed by atoms with Crippen LogP contribution in [0.25, 0.3) is 0 Å². The number of aliphatic hydroxyl groups excluding tert-OH is 1. The summed E-state index contributed by atoms with van der Waals surface area (Å²) in [6, 6.07) is 2.03. The molecule has 1 N–H and O–H groups in total. The van der Waals surface area contributed by atoms with E-state index < -0.39 is 0 Å². The average molecular weight is 245 g/mol. The molecule has 4 heteroatoms. The number of rotatable bonds is 2. The van der Waals surface area contributed by atoms with Crippen LogP contribution in [0, 0.1) is 0 Å². The summed E-state index contributed by atoms with van der Waals surface area (Å²) < 4.78 is 3.96. The van der Waals surface area contributed by atoms with Crippen molar-refractivity contribution in [1.82, 2.24) is 14.3 Å². The minimum absolute atomic E-state index is 0.285. The van der Waals surface area contributed by atoms with Crippen LogP contribution < -0.4 is 0 Å². The van der Waals surface area contributed by atoms with Gasteiger partial charge in [-0.2, -0.15) is 5.10 Å². The summed E-state index contributed by atoms with van der Waals surface area (Å²) >= 11 is 0. The first-order valence-corrected chi connectivity index (χ1v) is 6.57. The number of fused-ring (bicyclic) bond motifs is 1. The largest absolute Gasteiger partial charge is 0.388 e. The number of aryl methyl sites for hydroxylation is 2. The Morgan fingerprint density at radius 3 is 3.06 bits per heavy atom. The van der Waals surface area contributed by atoms with Gasteiger partial charge >= 0.3 is 0 Å². The molecule has 0 fully saturated rings. The first-order chi connectivity index (χ1) is 8.72. The van der Waals surface area contributed by atoms with Crippen molar-refractivity contribution in [2.75, 3.05) is 0 Å². The zero-order valence-corrected chi connectivity index (χ0v) is 10.7. The summed E-state index contributed by atoms with van der Waals surface area (Å²) in [4.78, 5) is 0. The quantitative estimate of drug-likeness (QED) is 0.823. The zero-order chi connectivity index (χ0) is 12.5. The molecule has 4 nitrogen and oxygen atoms in total. The van der Waals surface area contributed by atoms with Gasteiger partial charge in [-0.1, -0.05) is 6.42 Å². The first kappa shape index (κ1) is 11.5. The standard InChI is InChI=1S/C14H19N3O/c1-16-7-6-12(15-16)9-17-8-11-4-2-3-5-14(18)13(11)10-17/h6-8,10,14,18H,2-5,9H2,1H3. The summed E-state index contributed by atoms with van der Waals surface area (Å²) in [7, 11) is 1.93. The predicted molar refractivity (Wildman–Crippen MR) is 69.3 cm³/mol. The van der Waals surface area contributed by atoms with E-state index in [-0.39, 0.29) is 6.10 Å². The molecule has 96 valence electrons. The van der Waals surface area contributed by atoms with E-state index in [4.69, 9.17) is 0 Å². The van der Waals surface area contributed by atoms with Crippen molar-refractivity contribution < 1.29 is 5.11 Å². The summed E-state index contributed by atoms with van der Waals surface area (Å²) in [5.41, 5.74) is 3.47. The van der Waals surface area contributed by atoms with Gasteiger partial charge in [0.05, 0.1) is 18.3 Å². The summed E-state index contributed by atoms with van der Waals surface area (Å²) in [6.45, 7) is 0.778. The van der Waals surface area contributed by atoms with Crippen LogP contribution in [0.1, 0.15) is 42.2 Å². The van der Waals surface area contributed by atoms with Crippen molar-refractivity contribution in [3.63, 3.8) is 0 Å². The molecule has 1 aliphatic rings. The Morgan fingerprint density at radius 2 is 2.28 bits per heavy atom. The van der Waals surface area contributed by atoms with Crippen molar-refractivity contribution in [3.05, 3.63) is 41.5 Å². The molecule has 2 heterocycles. The molecule has 3 rings (SSSR count). The Kier molecular flexibility index (Phi) is 2.96. The van der Waals surface area contributed by atoms with E-state index in [1.54, 1.807) is 0 Å². The molecule has 0 spiro atoms. The lowest BCUT2D eigenvalue weighted by molar-refractivity contribution is 0.166. The Balaban J connectivity index is 1.84. The molecule has 1 unspecified atom stereocenters. The van der Waals surface area contributed by atoms with Gasteiger partial charge in [0.25, 0.3) is 0 Å². The number of hydrogen-bond acceptors (Lipinski definition) is 2. The van der Waals surface area contributed by atoms with Crippen LogP contribution >= 0.6 is 0 Å². The molecular weight excluding hydrogens is 226 g/mol. The first-order valence-electron chi connectivity index (χ1n) is 6.57. The molecule has 2 aromatic heterocycles. The number of hydrogen-bond donors (Lipinski definition) is 1. The van der Waals surface area contributed by atoms with E-state index in [1.807, 2.05) is 24.0 Å². The molecule has 18 heavy (non-hydrogen) atoms. The van der Waals surface area contributed by atoms with Crippen LogP contribution in [0.15, 0.2) is 24.7 Å². The third-order valence-electron chi connectivity index (χ3n) is 3.64. The number of aromatic nitrogens is 3. The van der Waals surface area contributed by atoms with Crippen LogP contribution in [0.3, 0.4) is 0 Å². The Bertz CT molecular complexity index is 541. The third kappa shape index (κ3) is 2.20. The van der Waals surface area contributed by atoms with Gasteiger partial charge in [0.15, 0.2) is 0 Å². The normalized spacial score (nSPS) is 19.6. The minimum atomic E-state index is -0.285. The molecule has 1 aliphatic carbocycles. The van der Waals surface area contributed by atoms with Crippen LogP contribution in [0.5, 0.6) is 0 Å². The Morgan fingerprint density at radius 1 is 1.39 bits per heavy atom. The van der Waals surface area contributed by atoms with Crippen molar-refractivity contribution in [2.24, 2.45) is 7.05 Å². The maximum Gasteiger partial charge on any atom is 0.0821 e. The van der Waals surface area contributed by atoms with Gasteiger partial charge in [-0.05, 0) is 30.9 Å². The van der Waals surface area contributed by atoms with E-state index in [2.05, 4.69) is 22.1 Å². The molecule has 0 saturated carbocycles. The second-order valence-electron chi connectivity index (χ2n) is 5.15. The van der Waals surface area contributed by atoms with E-state index in [1.165, 1.54) is 12.0 Å². The lowest BCUT2D eigenvalue weighted by atomic mass is 10.1. The number of aliphatic hydroxyl groups is 1. The highest BCUT2D eigenvalue weighted by Gasteiger charge is 2.18. The summed E-state index contributed by atoms with van der Waals surface area (Å²) in [5.74, 6) is 0. The smallest absolute Gasteiger partial charge is 0.0821 e. The molecule has 0 bridgehead atoms. The number of nitrogens with zero attached hydrogens (tertiary/aromatic N) is 3. The van der Waals surface area contributed by atoms with E-state index >= 15 is 0 Å². The van der Waals surface area contributed by atoms with Crippen molar-refractivity contribution in [1.29, 1.82) is 0 Å². The van der Waals surface area contributed by atoms with E-state index in [0.29, 0.717) is 0 Å². The average Bonchev–Trinajstić information content (AvgIpc) is 2.88. The summed E-state index contributed by atoms with van der Waals surface area (Å²) in [5, 5.41) is 14.5. The molecular formula is C14H19N3O. The molecule has 0 amide bonds. The van der Waals surface area contributed by atoms with Gasteiger partial charge in [-0.3, -0.25) is 4.68 Å². The van der Waals surface area contributed by atoms with Gasteiger partial charge in [0.2, 0.25) is 0 Å². The van der Waals surface area contributed by atoms with Crippen molar-refractivity contribution >= 4 is 0 Å². The summed E-state index contributed by atoms with van der Waals surface area (Å²) in [6.07, 6.45) is 10.2. The lowest BCUT2D eigenvalue weighted by Gasteiger charge is -2.06. The molecule has 1 atom stereocenters. The predicted octanol–water partition coefficient (Wildman–Crippen LogP) is 2.03. The van der Waals surface area contributed by atoms with Crippen molar-refractivity contribution in [3.8, 4) is 0 Å². The maximum absolute atomic E-state index is 10.1. The second kappa shape index (κ2) is 4.61. The highest BCUT2D eigenvalue weighted by atomic mass is 16.3. The van der Waals surface area contributed by atoms with E-state index in [9.17, 15) is 5.11 Å². The van der Waals surface area contributed by atoms with Crippen LogP contribution in [-0.2, 0) is 20.0 Å². The Hall–Kier alpha value is -1.55. The van der Waals surface area contributed by atoms with Gasteiger partial charge in [-0.15, -0.1) is 0 Å². The maximum atomic E-state index is 10.1. The fraction of sp³-hybridized carbons (Fsp3) is 0.500. The molecule has 0 radical (unpaired) electrons. The van der Waals surface area contributed by atoms with Crippen molar-refractivity contribution in [2.45, 2.75) is 38.3 Å². The van der Waals surface area contributed by atoms with Gasteiger partial charge < -0.3 is 9.67 Å².